The molecule has 0 saturated heterocycles. The lowest BCUT2D eigenvalue weighted by molar-refractivity contribution is 0.543. The predicted octanol–water partition coefficient (Wildman–Crippen LogP) is 4.09. The highest BCUT2D eigenvalue weighted by atomic mass is 32.2. The number of thioether (sulfide) groups is 1. The molecule has 0 amide bonds. The number of rotatable bonds is 8. The van der Waals surface area contributed by atoms with E-state index in [4.69, 9.17) is 0 Å². The fourth-order valence-electron chi connectivity index (χ4n) is 1.93. The molecule has 1 N–H and O–H groups in total. The van der Waals surface area contributed by atoms with Gasteiger partial charge in [0, 0.05) is 34.9 Å². The minimum atomic E-state index is 0.325. The number of aryl methyl sites for hydroxylation is 1. The van der Waals surface area contributed by atoms with Crippen molar-refractivity contribution in [3.8, 4) is 0 Å². The summed E-state index contributed by atoms with van der Waals surface area (Å²) in [6.07, 6.45) is 5.28. The molecular weight excluding hydrogens is 264 g/mol. The summed E-state index contributed by atoms with van der Waals surface area (Å²) in [5, 5.41) is 3.66. The molecule has 0 spiro atoms. The number of nitrogens with zero attached hydrogens (tertiary/aromatic N) is 1. The fraction of sp³-hybridized carbons (Fsp3) is 0.706. The zero-order valence-corrected chi connectivity index (χ0v) is 14.5. The summed E-state index contributed by atoms with van der Waals surface area (Å²) in [6, 6.07) is 4.90. The van der Waals surface area contributed by atoms with E-state index in [1.165, 1.54) is 17.7 Å². The Balaban J connectivity index is 2.57. The van der Waals surface area contributed by atoms with Crippen molar-refractivity contribution >= 4 is 11.8 Å². The molecule has 0 aliphatic heterocycles. The van der Waals surface area contributed by atoms with Gasteiger partial charge >= 0.3 is 0 Å². The van der Waals surface area contributed by atoms with E-state index in [-0.39, 0.29) is 0 Å². The third-order valence-corrected chi connectivity index (χ3v) is 4.59. The summed E-state index contributed by atoms with van der Waals surface area (Å²) >= 11 is 2.03. The van der Waals surface area contributed by atoms with Crippen LogP contribution in [0.3, 0.4) is 0 Å². The number of hydrogen-bond donors (Lipinski definition) is 1. The van der Waals surface area contributed by atoms with Crippen molar-refractivity contribution in [1.82, 2.24) is 10.3 Å². The Morgan fingerprint density at radius 2 is 2.00 bits per heavy atom. The molecule has 3 heteroatoms. The van der Waals surface area contributed by atoms with Gasteiger partial charge in [-0.25, -0.2) is 0 Å². The quantitative estimate of drug-likeness (QED) is 0.782. The van der Waals surface area contributed by atoms with Crippen LogP contribution in [0.4, 0.5) is 0 Å². The van der Waals surface area contributed by atoms with Gasteiger partial charge in [-0.1, -0.05) is 40.7 Å². The Labute approximate surface area is 129 Å². The molecule has 1 atom stereocenters. The first-order valence-electron chi connectivity index (χ1n) is 7.75. The maximum Gasteiger partial charge on any atom is 0.0419 e. The molecule has 1 rings (SSSR count). The van der Waals surface area contributed by atoms with Gasteiger partial charge in [-0.2, -0.15) is 11.8 Å². The van der Waals surface area contributed by atoms with Crippen LogP contribution in [0.5, 0.6) is 0 Å². The second-order valence-corrected chi connectivity index (χ2v) is 8.14. The maximum atomic E-state index is 4.59. The smallest absolute Gasteiger partial charge is 0.0419 e. The molecule has 20 heavy (non-hydrogen) atoms. The van der Waals surface area contributed by atoms with E-state index in [1.807, 2.05) is 18.0 Å². The van der Waals surface area contributed by atoms with Crippen LogP contribution in [0.15, 0.2) is 18.3 Å². The molecule has 1 heterocycles. The molecule has 1 unspecified atom stereocenters. The van der Waals surface area contributed by atoms with Crippen LogP contribution in [0.2, 0.25) is 0 Å². The van der Waals surface area contributed by atoms with Crippen molar-refractivity contribution in [3.63, 3.8) is 0 Å². The molecule has 0 saturated carbocycles. The van der Waals surface area contributed by atoms with Crippen LogP contribution in [-0.4, -0.2) is 28.1 Å². The van der Waals surface area contributed by atoms with Gasteiger partial charge in [0.15, 0.2) is 0 Å². The highest BCUT2D eigenvalue weighted by Gasteiger charge is 2.16. The Bertz CT molecular complexity index is 368. The first-order valence-corrected chi connectivity index (χ1v) is 8.74. The average molecular weight is 295 g/mol. The van der Waals surface area contributed by atoms with Crippen molar-refractivity contribution in [2.24, 2.45) is 0 Å². The first-order chi connectivity index (χ1) is 9.44. The highest BCUT2D eigenvalue weighted by Crippen LogP contribution is 2.24. The predicted molar refractivity (Wildman–Crippen MR) is 91.6 cm³/mol. The largest absolute Gasteiger partial charge is 0.313 e. The molecule has 1 aromatic heterocycles. The second kappa shape index (κ2) is 8.68. The van der Waals surface area contributed by atoms with Gasteiger partial charge in [-0.15, -0.1) is 0 Å². The molecule has 114 valence electrons. The van der Waals surface area contributed by atoms with Gasteiger partial charge in [0.1, 0.15) is 0 Å². The van der Waals surface area contributed by atoms with Crippen molar-refractivity contribution in [2.75, 3.05) is 12.3 Å². The molecular formula is C17H30N2S. The third kappa shape index (κ3) is 7.30. The van der Waals surface area contributed by atoms with Crippen LogP contribution in [0.1, 0.15) is 52.3 Å². The standard InChI is InChI=1S/C17H30N2S/c1-6-10-18-16(13-20-17(3,4)5)11-15-9-8-14(7-2)12-19-15/h8-9,12,16,18H,6-7,10-11,13H2,1-5H3. The van der Waals surface area contributed by atoms with Gasteiger partial charge in [0.05, 0.1) is 0 Å². The Morgan fingerprint density at radius 1 is 1.25 bits per heavy atom. The summed E-state index contributed by atoms with van der Waals surface area (Å²) in [5.74, 6) is 1.14. The van der Waals surface area contributed by atoms with Gasteiger partial charge in [-0.3, -0.25) is 4.98 Å². The lowest BCUT2D eigenvalue weighted by Gasteiger charge is -2.23. The average Bonchev–Trinajstić information content (AvgIpc) is 2.41. The summed E-state index contributed by atoms with van der Waals surface area (Å²) in [7, 11) is 0. The van der Waals surface area contributed by atoms with Crippen molar-refractivity contribution in [2.45, 2.75) is 64.7 Å². The minimum absolute atomic E-state index is 0.325. The molecule has 2 nitrogen and oxygen atoms in total. The summed E-state index contributed by atoms with van der Waals surface area (Å²) in [4.78, 5) is 4.59. The number of pyridine rings is 1. The maximum absolute atomic E-state index is 4.59. The molecule has 0 aliphatic carbocycles. The van der Waals surface area contributed by atoms with E-state index in [0.717, 1.165) is 25.1 Å². The van der Waals surface area contributed by atoms with Crippen LogP contribution < -0.4 is 5.32 Å². The van der Waals surface area contributed by atoms with Crippen molar-refractivity contribution in [3.05, 3.63) is 29.6 Å². The van der Waals surface area contributed by atoms with Crippen LogP contribution in [0.25, 0.3) is 0 Å². The topological polar surface area (TPSA) is 24.9 Å². The summed E-state index contributed by atoms with van der Waals surface area (Å²) in [5.41, 5.74) is 2.51. The summed E-state index contributed by atoms with van der Waals surface area (Å²) in [6.45, 7) is 12.3. The minimum Gasteiger partial charge on any atom is -0.313 e. The van der Waals surface area contributed by atoms with E-state index < -0.39 is 0 Å². The van der Waals surface area contributed by atoms with E-state index in [9.17, 15) is 0 Å². The van der Waals surface area contributed by atoms with Gasteiger partial charge in [0.25, 0.3) is 0 Å². The molecule has 0 bridgehead atoms. The Hall–Kier alpha value is -0.540. The number of aromatic nitrogens is 1. The third-order valence-electron chi connectivity index (χ3n) is 3.15. The molecule has 0 aliphatic rings. The second-order valence-electron chi connectivity index (χ2n) is 6.29. The lowest BCUT2D eigenvalue weighted by Crippen LogP contribution is -2.35. The Kier molecular flexibility index (Phi) is 7.60. The monoisotopic (exact) mass is 294 g/mol. The van der Waals surface area contributed by atoms with Crippen molar-refractivity contribution < 1.29 is 0 Å². The zero-order chi connectivity index (χ0) is 15.0. The van der Waals surface area contributed by atoms with Crippen molar-refractivity contribution in [1.29, 1.82) is 0 Å². The van der Waals surface area contributed by atoms with Crippen LogP contribution in [0, 0.1) is 0 Å². The van der Waals surface area contributed by atoms with Crippen LogP contribution in [-0.2, 0) is 12.8 Å². The normalized spacial score (nSPS) is 13.4. The van der Waals surface area contributed by atoms with E-state index in [2.05, 4.69) is 57.1 Å². The highest BCUT2D eigenvalue weighted by molar-refractivity contribution is 8.00. The van der Waals surface area contributed by atoms with E-state index >= 15 is 0 Å². The van der Waals surface area contributed by atoms with E-state index in [0.29, 0.717) is 10.8 Å². The van der Waals surface area contributed by atoms with Gasteiger partial charge in [-0.05, 0) is 31.0 Å². The van der Waals surface area contributed by atoms with Crippen LogP contribution >= 0.6 is 11.8 Å². The van der Waals surface area contributed by atoms with Gasteiger partial charge < -0.3 is 5.32 Å². The molecule has 0 aromatic carbocycles. The summed E-state index contributed by atoms with van der Waals surface area (Å²) < 4.78 is 0.325. The zero-order valence-electron chi connectivity index (χ0n) is 13.7. The molecule has 1 aromatic rings. The number of hydrogen-bond acceptors (Lipinski definition) is 3. The Morgan fingerprint density at radius 3 is 2.50 bits per heavy atom. The first kappa shape index (κ1) is 17.5. The molecule has 0 radical (unpaired) electrons. The number of nitrogens with one attached hydrogen (secondary N) is 1. The van der Waals surface area contributed by atoms with E-state index in [1.54, 1.807) is 0 Å². The lowest BCUT2D eigenvalue weighted by atomic mass is 10.1. The molecule has 0 fully saturated rings. The fourth-order valence-corrected chi connectivity index (χ4v) is 2.86. The van der Waals surface area contributed by atoms with Gasteiger partial charge in [0.2, 0.25) is 0 Å². The SMILES string of the molecule is CCCNC(CSC(C)(C)C)Cc1ccc(CC)cn1.